The van der Waals surface area contributed by atoms with E-state index in [2.05, 4.69) is 106 Å². The molecule has 0 fully saturated rings. The number of fused-ring (bicyclic) bond motifs is 5. The van der Waals surface area contributed by atoms with Crippen molar-refractivity contribution in [3.63, 3.8) is 0 Å². The van der Waals surface area contributed by atoms with Gasteiger partial charge >= 0.3 is 28.4 Å². The first-order valence-electron chi connectivity index (χ1n) is 16.8. The summed E-state index contributed by atoms with van der Waals surface area (Å²) in [7, 11) is 0. The first kappa shape index (κ1) is 45.4. The van der Waals surface area contributed by atoms with E-state index in [-0.39, 0.29) is 35.6 Å². The number of allylic oxidation sites excluding steroid dienone is 4. The summed E-state index contributed by atoms with van der Waals surface area (Å²) in [6, 6.07) is 44.7. The maximum atomic E-state index is 5.94. The SMILES string of the molecule is CC(C)(C)c1[c-]c2c(cc1)-c1ccc(C(C)(C)C)cc1C2.Cl.Cl.Clc1cc[c-]c2ccccc12.Clc1cc[c-]c2ccccc12.[C-]1=CC=CC1.[CH2]=[Zr]. The molecule has 6 aromatic carbocycles. The summed E-state index contributed by atoms with van der Waals surface area (Å²) in [5, 5.41) is 5.85. The zero-order valence-electron chi connectivity index (χ0n) is 30.7. The molecular weight excluding hydrogens is 798 g/mol. The third kappa shape index (κ3) is 12.4. The standard InChI is InChI=1S/C21H25.2C10H6Cl.C5H5.CH2.2ClH.Zr/c1-20(2,3)16-7-9-18-14(12-16)11-15-13-17(21(4,5)6)8-10-19(15)18;2*11-10-7-3-5-8-4-1-2-6-9(8)10;1-2-4-5-3-1;;;;/h7-10,12H,11H2,1-6H3;2*1-4,6-7H;1-3H,4H2;1H2;2*1H;/q4*-1;;;;. The summed E-state index contributed by atoms with van der Waals surface area (Å²) in [5.41, 5.74) is 8.70. The van der Waals surface area contributed by atoms with Crippen LogP contribution < -0.4 is 0 Å². The summed E-state index contributed by atoms with van der Waals surface area (Å²) in [6.07, 6.45) is 11.0. The van der Waals surface area contributed by atoms with E-state index in [4.69, 9.17) is 23.2 Å². The van der Waals surface area contributed by atoms with Crippen molar-refractivity contribution in [3.8, 4) is 11.1 Å². The monoisotopic (exact) mass is 840 g/mol. The van der Waals surface area contributed by atoms with Crippen molar-refractivity contribution in [1.29, 1.82) is 0 Å². The molecule has 0 aliphatic heterocycles. The van der Waals surface area contributed by atoms with Gasteiger partial charge in [-0.1, -0.05) is 100 Å². The van der Waals surface area contributed by atoms with Crippen LogP contribution in [0.25, 0.3) is 32.7 Å². The Morgan fingerprint density at radius 1 is 0.654 bits per heavy atom. The molecule has 0 nitrogen and oxygen atoms in total. The van der Waals surface area contributed by atoms with E-state index in [0.717, 1.165) is 44.4 Å². The quantitative estimate of drug-likeness (QED) is 0.133. The first-order valence-corrected chi connectivity index (χ1v) is 19.3. The Kier molecular flexibility index (Phi) is 18.5. The van der Waals surface area contributed by atoms with Crippen molar-refractivity contribution in [3.05, 3.63) is 178 Å². The normalized spacial score (nSPS) is 11.8. The van der Waals surface area contributed by atoms with Gasteiger partial charge in [-0.3, -0.25) is 6.08 Å². The minimum atomic E-state index is 0. The topological polar surface area (TPSA) is 0 Å². The molecular formula is C47H46Cl4Zr-4. The Morgan fingerprint density at radius 3 is 1.63 bits per heavy atom. The fourth-order valence-corrected chi connectivity index (χ4v) is 6.05. The summed E-state index contributed by atoms with van der Waals surface area (Å²) in [5.74, 6) is 0. The second kappa shape index (κ2) is 21.2. The van der Waals surface area contributed by atoms with Gasteiger partial charge in [-0.05, 0) is 38.4 Å². The molecule has 6 aromatic rings. The molecule has 0 amide bonds. The molecule has 0 saturated carbocycles. The van der Waals surface area contributed by atoms with Crippen LogP contribution in [0, 0.1) is 24.3 Å². The van der Waals surface area contributed by atoms with Crippen LogP contribution in [-0.2, 0) is 41.5 Å². The van der Waals surface area contributed by atoms with Gasteiger partial charge in [0.05, 0.1) is 0 Å². The van der Waals surface area contributed by atoms with Gasteiger partial charge < -0.3 is 0 Å². The van der Waals surface area contributed by atoms with E-state index >= 15 is 0 Å². The van der Waals surface area contributed by atoms with Gasteiger partial charge in [-0.15, -0.1) is 137 Å². The van der Waals surface area contributed by atoms with Gasteiger partial charge in [0.1, 0.15) is 0 Å². The number of rotatable bonds is 0. The van der Waals surface area contributed by atoms with Crippen LogP contribution in [0.3, 0.4) is 0 Å². The van der Waals surface area contributed by atoms with Crippen LogP contribution >= 0.6 is 48.0 Å². The van der Waals surface area contributed by atoms with E-state index in [0.29, 0.717) is 0 Å². The molecule has 0 unspecified atom stereocenters. The molecule has 2 aliphatic carbocycles. The third-order valence-electron chi connectivity index (χ3n) is 8.36. The van der Waals surface area contributed by atoms with Gasteiger partial charge in [0.25, 0.3) is 0 Å². The molecule has 0 bridgehead atoms. The van der Waals surface area contributed by atoms with Crippen LogP contribution in [0.4, 0.5) is 0 Å². The van der Waals surface area contributed by atoms with Crippen LogP contribution in [0.1, 0.15) is 70.2 Å². The third-order valence-corrected chi connectivity index (χ3v) is 9.01. The summed E-state index contributed by atoms with van der Waals surface area (Å²) in [4.78, 5) is 0. The fraction of sp³-hybridized carbons (Fsp3) is 0.213. The molecule has 0 spiro atoms. The number of hydrogen-bond acceptors (Lipinski definition) is 0. The van der Waals surface area contributed by atoms with Crippen molar-refractivity contribution >= 4 is 73.8 Å². The van der Waals surface area contributed by atoms with Gasteiger partial charge in [-0.25, -0.2) is 12.2 Å². The molecule has 8 rings (SSSR count). The zero-order chi connectivity index (χ0) is 36.3. The number of hydrogen-bond donors (Lipinski definition) is 0. The van der Waals surface area contributed by atoms with Gasteiger partial charge in [-0.2, -0.15) is 29.8 Å². The van der Waals surface area contributed by atoms with E-state index in [9.17, 15) is 0 Å². The Labute approximate surface area is 349 Å². The van der Waals surface area contributed by atoms with Crippen molar-refractivity contribution in [2.75, 3.05) is 0 Å². The van der Waals surface area contributed by atoms with Crippen molar-refractivity contribution in [2.45, 2.75) is 65.2 Å². The molecule has 52 heavy (non-hydrogen) atoms. The average molecular weight is 844 g/mol. The first-order chi connectivity index (χ1) is 23.9. The molecule has 0 heterocycles. The van der Waals surface area contributed by atoms with Gasteiger partial charge in [0.15, 0.2) is 0 Å². The van der Waals surface area contributed by atoms with Crippen LogP contribution in [-0.4, -0.2) is 4.21 Å². The van der Waals surface area contributed by atoms with E-state index in [1.165, 1.54) is 57.6 Å². The Hall–Kier alpha value is -2.77. The van der Waals surface area contributed by atoms with Crippen LogP contribution in [0.5, 0.6) is 0 Å². The molecule has 0 atom stereocenters. The van der Waals surface area contributed by atoms with Crippen molar-refractivity contribution < 1.29 is 24.2 Å². The average Bonchev–Trinajstić information content (AvgIpc) is 3.81. The van der Waals surface area contributed by atoms with Crippen LogP contribution in [0.15, 0.2) is 121 Å². The summed E-state index contributed by atoms with van der Waals surface area (Å²) >= 11 is 13.2. The van der Waals surface area contributed by atoms with Crippen molar-refractivity contribution in [1.82, 2.24) is 0 Å². The molecule has 0 saturated heterocycles. The van der Waals surface area contributed by atoms with E-state index in [1.54, 1.807) is 0 Å². The Balaban J connectivity index is 0.000000257. The van der Waals surface area contributed by atoms with E-state index in [1.807, 2.05) is 84.9 Å². The second-order valence-electron chi connectivity index (χ2n) is 14.1. The Bertz CT molecular complexity index is 1940. The zero-order valence-corrected chi connectivity index (χ0v) is 36.3. The summed E-state index contributed by atoms with van der Waals surface area (Å²) in [6.45, 7) is 13.6. The maximum absolute atomic E-state index is 5.94. The number of benzene rings is 6. The number of halogens is 4. The molecule has 5 heteroatoms. The van der Waals surface area contributed by atoms with Crippen molar-refractivity contribution in [2.24, 2.45) is 0 Å². The Morgan fingerprint density at radius 2 is 1.19 bits per heavy atom. The predicted molar refractivity (Wildman–Crippen MR) is 230 cm³/mol. The van der Waals surface area contributed by atoms with Gasteiger partial charge in [0, 0.05) is 0 Å². The van der Waals surface area contributed by atoms with Crippen LogP contribution in [0.2, 0.25) is 10.0 Å². The fourth-order valence-electron chi connectivity index (χ4n) is 5.59. The molecule has 2 aliphatic rings. The molecule has 270 valence electrons. The van der Waals surface area contributed by atoms with E-state index < -0.39 is 0 Å². The second-order valence-corrected chi connectivity index (χ2v) is 14.9. The minimum absolute atomic E-state index is 0. The molecule has 0 radical (unpaired) electrons. The molecule has 0 N–H and O–H groups in total. The predicted octanol–water partition coefficient (Wildman–Crippen LogP) is 14.4. The summed E-state index contributed by atoms with van der Waals surface area (Å²) < 4.78 is 3.34. The molecule has 0 aromatic heterocycles. The van der Waals surface area contributed by atoms with Gasteiger partial charge in [0.2, 0.25) is 0 Å².